The molecule has 0 unspecified atom stereocenters. The van der Waals surface area contributed by atoms with E-state index in [4.69, 9.17) is 16.3 Å². The van der Waals surface area contributed by atoms with Crippen LogP contribution in [0.25, 0.3) is 0 Å². The zero-order valence-corrected chi connectivity index (χ0v) is 12.7. The van der Waals surface area contributed by atoms with Crippen molar-refractivity contribution in [1.82, 2.24) is 0 Å². The molecule has 0 saturated heterocycles. The first-order valence-corrected chi connectivity index (χ1v) is 9.33. The highest BCUT2D eigenvalue weighted by molar-refractivity contribution is 7.01. The third-order valence-corrected chi connectivity index (χ3v) is 7.08. The molecule has 2 aromatic carbocycles. The Hall–Kier alpha value is -1.25. The molecule has 0 radical (unpaired) electrons. The van der Waals surface area contributed by atoms with Crippen molar-refractivity contribution in [3.8, 4) is 5.75 Å². The fourth-order valence-corrected chi connectivity index (χ4v) is 5.10. The van der Waals surface area contributed by atoms with Crippen LogP contribution in [0.4, 0.5) is 0 Å². The lowest BCUT2D eigenvalue weighted by atomic mass is 10.3. The van der Waals surface area contributed by atoms with Gasteiger partial charge in [-0.15, -0.1) is 0 Å². The Kier molecular flexibility index (Phi) is 3.78. The Morgan fingerprint density at radius 3 is 2.28 bits per heavy atom. The summed E-state index contributed by atoms with van der Waals surface area (Å²) in [5.41, 5.74) is 0. The SMILES string of the molecule is COc1ccc(Cl)cc1[Si](C)(C)c1ccccc1. The molecule has 18 heavy (non-hydrogen) atoms. The lowest BCUT2D eigenvalue weighted by Crippen LogP contribution is -2.53. The van der Waals surface area contributed by atoms with Crippen LogP contribution < -0.4 is 15.1 Å². The first-order valence-electron chi connectivity index (χ1n) is 5.95. The van der Waals surface area contributed by atoms with Gasteiger partial charge in [-0.25, -0.2) is 0 Å². The monoisotopic (exact) mass is 276 g/mol. The Morgan fingerprint density at radius 2 is 1.67 bits per heavy atom. The largest absolute Gasteiger partial charge is 0.497 e. The molecular formula is C15H17ClOSi. The summed E-state index contributed by atoms with van der Waals surface area (Å²) < 4.78 is 5.48. The molecular weight excluding hydrogens is 260 g/mol. The maximum absolute atomic E-state index is 6.13. The number of hydrogen-bond donors (Lipinski definition) is 0. The van der Waals surface area contributed by atoms with Gasteiger partial charge in [-0.2, -0.15) is 0 Å². The standard InChI is InChI=1S/C15H17ClOSi/c1-17-14-10-9-12(16)11-15(14)18(2,3)13-7-5-4-6-8-13/h4-11H,1-3H3. The third-order valence-electron chi connectivity index (χ3n) is 3.33. The zero-order valence-electron chi connectivity index (χ0n) is 10.9. The van der Waals surface area contributed by atoms with Gasteiger partial charge in [0.25, 0.3) is 0 Å². The van der Waals surface area contributed by atoms with E-state index in [2.05, 4.69) is 37.4 Å². The highest BCUT2D eigenvalue weighted by Gasteiger charge is 2.29. The van der Waals surface area contributed by atoms with Crippen LogP contribution in [0, 0.1) is 0 Å². The maximum atomic E-state index is 6.13. The molecule has 1 nitrogen and oxygen atoms in total. The molecule has 2 aromatic rings. The van der Waals surface area contributed by atoms with Crippen molar-refractivity contribution in [1.29, 1.82) is 0 Å². The average Bonchev–Trinajstić information content (AvgIpc) is 2.39. The number of halogens is 1. The minimum Gasteiger partial charge on any atom is -0.497 e. The van der Waals surface area contributed by atoms with Crippen LogP contribution in [0.15, 0.2) is 48.5 Å². The fourth-order valence-electron chi connectivity index (χ4n) is 2.18. The lowest BCUT2D eigenvalue weighted by molar-refractivity contribution is 0.418. The summed E-state index contributed by atoms with van der Waals surface area (Å²) in [5, 5.41) is 3.39. The molecule has 0 N–H and O–H groups in total. The highest BCUT2D eigenvalue weighted by atomic mass is 35.5. The van der Waals surface area contributed by atoms with Crippen molar-refractivity contribution in [2.75, 3.05) is 7.11 Å². The van der Waals surface area contributed by atoms with E-state index in [9.17, 15) is 0 Å². The van der Waals surface area contributed by atoms with Gasteiger partial charge in [0.1, 0.15) is 13.8 Å². The van der Waals surface area contributed by atoms with Gasteiger partial charge in [0.05, 0.1) is 7.11 Å². The molecule has 0 aliphatic rings. The molecule has 0 bridgehead atoms. The van der Waals surface area contributed by atoms with Crippen LogP contribution in [0.3, 0.4) is 0 Å². The van der Waals surface area contributed by atoms with E-state index in [0.29, 0.717) is 0 Å². The van der Waals surface area contributed by atoms with Crippen molar-refractivity contribution in [2.45, 2.75) is 13.1 Å². The molecule has 3 heteroatoms. The van der Waals surface area contributed by atoms with E-state index in [1.54, 1.807) is 7.11 Å². The first kappa shape index (κ1) is 13.2. The molecule has 0 aromatic heterocycles. The summed E-state index contributed by atoms with van der Waals surface area (Å²) in [6.45, 7) is 4.63. The van der Waals surface area contributed by atoms with Gasteiger partial charge in [-0.1, -0.05) is 60.2 Å². The number of ether oxygens (including phenoxy) is 1. The molecule has 0 fully saturated rings. The van der Waals surface area contributed by atoms with Gasteiger partial charge in [-0.05, 0) is 23.4 Å². The van der Waals surface area contributed by atoms with Gasteiger partial charge in [-0.3, -0.25) is 0 Å². The van der Waals surface area contributed by atoms with Crippen LogP contribution >= 0.6 is 11.6 Å². The van der Waals surface area contributed by atoms with E-state index < -0.39 is 8.07 Å². The Morgan fingerprint density at radius 1 is 1.00 bits per heavy atom. The molecule has 0 atom stereocenters. The summed E-state index contributed by atoms with van der Waals surface area (Å²) in [7, 11) is -0.0514. The van der Waals surface area contributed by atoms with E-state index >= 15 is 0 Å². The summed E-state index contributed by atoms with van der Waals surface area (Å²) in [5.74, 6) is 0.930. The van der Waals surface area contributed by atoms with Crippen molar-refractivity contribution < 1.29 is 4.74 Å². The highest BCUT2D eigenvalue weighted by Crippen LogP contribution is 2.18. The van der Waals surface area contributed by atoms with Crippen molar-refractivity contribution >= 4 is 30.0 Å². The predicted octanol–water partition coefficient (Wildman–Crippen LogP) is 3.17. The second-order valence-electron chi connectivity index (χ2n) is 4.84. The molecule has 2 rings (SSSR count). The molecule has 0 saturated carbocycles. The van der Waals surface area contributed by atoms with Crippen LogP contribution in [0.1, 0.15) is 0 Å². The number of benzene rings is 2. The smallest absolute Gasteiger partial charge is 0.118 e. The van der Waals surface area contributed by atoms with E-state index in [-0.39, 0.29) is 0 Å². The summed E-state index contributed by atoms with van der Waals surface area (Å²) in [4.78, 5) is 0. The second-order valence-corrected chi connectivity index (χ2v) is 9.64. The quantitative estimate of drug-likeness (QED) is 0.783. The summed E-state index contributed by atoms with van der Waals surface area (Å²) >= 11 is 6.13. The number of hydrogen-bond acceptors (Lipinski definition) is 1. The van der Waals surface area contributed by atoms with Crippen LogP contribution in [-0.4, -0.2) is 15.2 Å². The molecule has 0 heterocycles. The van der Waals surface area contributed by atoms with Gasteiger partial charge < -0.3 is 4.74 Å². The predicted molar refractivity (Wildman–Crippen MR) is 81.2 cm³/mol. The summed E-state index contributed by atoms with van der Waals surface area (Å²) in [6, 6.07) is 16.5. The van der Waals surface area contributed by atoms with E-state index in [1.165, 1.54) is 10.4 Å². The van der Waals surface area contributed by atoms with Gasteiger partial charge in [0, 0.05) is 5.02 Å². The minimum atomic E-state index is -1.76. The lowest BCUT2D eigenvalue weighted by Gasteiger charge is -2.25. The van der Waals surface area contributed by atoms with Gasteiger partial charge in [0.15, 0.2) is 0 Å². The van der Waals surface area contributed by atoms with Crippen molar-refractivity contribution in [3.05, 3.63) is 53.6 Å². The Labute approximate surface area is 114 Å². The topological polar surface area (TPSA) is 9.23 Å². The van der Waals surface area contributed by atoms with Crippen LogP contribution in [0.5, 0.6) is 5.75 Å². The second kappa shape index (κ2) is 5.17. The van der Waals surface area contributed by atoms with Gasteiger partial charge >= 0.3 is 0 Å². The molecule has 0 amide bonds. The molecule has 0 spiro atoms. The number of rotatable bonds is 3. The zero-order chi connectivity index (χ0) is 13.2. The third kappa shape index (κ3) is 2.45. The molecule has 94 valence electrons. The minimum absolute atomic E-state index is 0.766. The molecule has 0 aliphatic heterocycles. The maximum Gasteiger partial charge on any atom is 0.118 e. The van der Waals surface area contributed by atoms with Crippen LogP contribution in [-0.2, 0) is 0 Å². The Bertz CT molecular complexity index is 537. The Balaban J connectivity index is 2.56. The van der Waals surface area contributed by atoms with E-state index in [0.717, 1.165) is 10.8 Å². The first-order chi connectivity index (χ1) is 8.55. The van der Waals surface area contributed by atoms with E-state index in [1.807, 2.05) is 24.3 Å². The normalized spacial score (nSPS) is 11.3. The average molecular weight is 277 g/mol. The van der Waals surface area contributed by atoms with Gasteiger partial charge in [0.2, 0.25) is 0 Å². The van der Waals surface area contributed by atoms with Crippen molar-refractivity contribution in [2.24, 2.45) is 0 Å². The fraction of sp³-hybridized carbons (Fsp3) is 0.200. The van der Waals surface area contributed by atoms with Crippen molar-refractivity contribution in [3.63, 3.8) is 0 Å². The summed E-state index contributed by atoms with van der Waals surface area (Å²) in [6.07, 6.45) is 0. The molecule has 0 aliphatic carbocycles. The van der Waals surface area contributed by atoms with Crippen LogP contribution in [0.2, 0.25) is 18.1 Å². The number of methoxy groups -OCH3 is 1.